The SMILES string of the molecule is CC(C)N(c1cccc(C(=O)NCCc2c3n(c4ccccc24)CCCC3)c1)C(C)C. The summed E-state index contributed by atoms with van der Waals surface area (Å²) in [5, 5.41) is 4.51. The van der Waals surface area contributed by atoms with Crippen LogP contribution in [0.4, 0.5) is 5.69 Å². The van der Waals surface area contributed by atoms with Crippen molar-refractivity contribution in [3.05, 3.63) is 65.4 Å². The first kappa shape index (κ1) is 21.5. The number of nitrogens with zero attached hydrogens (tertiary/aromatic N) is 2. The summed E-state index contributed by atoms with van der Waals surface area (Å²) in [5.74, 6) is 0.00620. The van der Waals surface area contributed by atoms with Gasteiger partial charge in [0, 0.05) is 53.0 Å². The Labute approximate surface area is 186 Å². The van der Waals surface area contributed by atoms with Crippen molar-refractivity contribution < 1.29 is 4.79 Å². The van der Waals surface area contributed by atoms with Gasteiger partial charge in [0.25, 0.3) is 5.91 Å². The molecule has 1 aliphatic rings. The first-order chi connectivity index (χ1) is 15.0. The number of benzene rings is 2. The maximum Gasteiger partial charge on any atom is 0.251 e. The van der Waals surface area contributed by atoms with Crippen LogP contribution in [0.3, 0.4) is 0 Å². The fourth-order valence-electron chi connectivity index (χ4n) is 5.21. The molecule has 0 saturated carbocycles. The third-order valence-corrected chi connectivity index (χ3v) is 6.42. The first-order valence-electron chi connectivity index (χ1n) is 11.7. The second-order valence-electron chi connectivity index (χ2n) is 9.20. The van der Waals surface area contributed by atoms with Gasteiger partial charge < -0.3 is 14.8 Å². The number of amides is 1. The second kappa shape index (κ2) is 9.17. The lowest BCUT2D eigenvalue weighted by atomic mass is 10.0. The van der Waals surface area contributed by atoms with E-state index in [1.54, 1.807) is 0 Å². The fraction of sp³-hybridized carbons (Fsp3) is 0.444. The summed E-state index contributed by atoms with van der Waals surface area (Å²) < 4.78 is 2.49. The zero-order valence-corrected chi connectivity index (χ0v) is 19.3. The third kappa shape index (κ3) is 4.34. The predicted molar refractivity (Wildman–Crippen MR) is 130 cm³/mol. The molecule has 0 fully saturated rings. The highest BCUT2D eigenvalue weighted by Gasteiger charge is 2.20. The van der Waals surface area contributed by atoms with Crippen LogP contribution in [0.5, 0.6) is 0 Å². The Morgan fingerprint density at radius 2 is 1.81 bits per heavy atom. The van der Waals surface area contributed by atoms with Gasteiger partial charge in [-0.1, -0.05) is 24.3 Å². The van der Waals surface area contributed by atoms with E-state index in [0.717, 1.165) is 30.6 Å². The van der Waals surface area contributed by atoms with Gasteiger partial charge in [-0.2, -0.15) is 0 Å². The van der Waals surface area contributed by atoms with E-state index < -0.39 is 0 Å². The van der Waals surface area contributed by atoms with Gasteiger partial charge >= 0.3 is 0 Å². The van der Waals surface area contributed by atoms with Crippen molar-refractivity contribution >= 4 is 22.5 Å². The highest BCUT2D eigenvalue weighted by Crippen LogP contribution is 2.31. The Morgan fingerprint density at radius 1 is 1.03 bits per heavy atom. The summed E-state index contributed by atoms with van der Waals surface area (Å²) >= 11 is 0. The number of carbonyl (C=O) groups is 1. The van der Waals surface area contributed by atoms with Crippen LogP contribution in [-0.4, -0.2) is 29.1 Å². The molecule has 4 heteroatoms. The monoisotopic (exact) mass is 417 g/mol. The highest BCUT2D eigenvalue weighted by molar-refractivity contribution is 5.95. The number of nitrogens with one attached hydrogen (secondary N) is 1. The van der Waals surface area contributed by atoms with Crippen molar-refractivity contribution in [1.82, 2.24) is 9.88 Å². The Balaban J connectivity index is 1.48. The molecule has 1 amide bonds. The third-order valence-electron chi connectivity index (χ3n) is 6.42. The molecule has 0 bridgehead atoms. The highest BCUT2D eigenvalue weighted by atomic mass is 16.1. The Kier molecular flexibility index (Phi) is 6.35. The van der Waals surface area contributed by atoms with Crippen LogP contribution in [0.2, 0.25) is 0 Å². The number of para-hydroxylation sites is 1. The number of rotatable bonds is 7. The van der Waals surface area contributed by atoms with Crippen LogP contribution in [0, 0.1) is 0 Å². The number of anilines is 1. The summed E-state index contributed by atoms with van der Waals surface area (Å²) in [6.07, 6.45) is 4.52. The van der Waals surface area contributed by atoms with E-state index in [4.69, 9.17) is 0 Å². The molecule has 1 aliphatic heterocycles. The molecule has 164 valence electrons. The van der Waals surface area contributed by atoms with Crippen LogP contribution in [-0.2, 0) is 19.4 Å². The minimum absolute atomic E-state index is 0.00620. The van der Waals surface area contributed by atoms with Crippen molar-refractivity contribution in [2.45, 2.75) is 72.0 Å². The summed E-state index contributed by atoms with van der Waals surface area (Å²) in [5.41, 5.74) is 6.05. The Bertz CT molecular complexity index is 1060. The molecule has 0 radical (unpaired) electrons. The molecule has 3 aromatic rings. The molecule has 2 heterocycles. The molecular formula is C27H35N3O. The number of aryl methyl sites for hydroxylation is 1. The number of aromatic nitrogens is 1. The lowest BCUT2D eigenvalue weighted by Gasteiger charge is -2.33. The topological polar surface area (TPSA) is 37.3 Å². The standard InChI is InChI=1S/C27H35N3O/c1-19(2)30(20(3)4)22-11-9-10-21(18-22)27(31)28-16-15-24-23-12-5-6-13-25(23)29-17-8-7-14-26(24)29/h5-6,9-13,18-20H,7-8,14-17H2,1-4H3,(H,28,31). The Hall–Kier alpha value is -2.75. The summed E-state index contributed by atoms with van der Waals surface area (Å²) in [6, 6.07) is 17.5. The molecule has 4 nitrogen and oxygen atoms in total. The van der Waals surface area contributed by atoms with Gasteiger partial charge in [-0.3, -0.25) is 4.79 Å². The van der Waals surface area contributed by atoms with Crippen LogP contribution in [0.25, 0.3) is 10.9 Å². The van der Waals surface area contributed by atoms with Gasteiger partial charge in [0.1, 0.15) is 0 Å². The quantitative estimate of drug-likeness (QED) is 0.545. The molecule has 1 N–H and O–H groups in total. The van der Waals surface area contributed by atoms with E-state index in [0.29, 0.717) is 18.6 Å². The number of fused-ring (bicyclic) bond motifs is 3. The van der Waals surface area contributed by atoms with Crippen molar-refractivity contribution in [1.29, 1.82) is 0 Å². The average molecular weight is 418 g/mol. The van der Waals surface area contributed by atoms with Gasteiger partial charge in [-0.05, 0) is 83.2 Å². The summed E-state index contributed by atoms with van der Waals surface area (Å²) in [6.45, 7) is 10.5. The molecular weight excluding hydrogens is 382 g/mol. The van der Waals surface area contributed by atoms with Gasteiger partial charge in [-0.25, -0.2) is 0 Å². The lowest BCUT2D eigenvalue weighted by molar-refractivity contribution is 0.0954. The number of carbonyl (C=O) groups excluding carboxylic acids is 1. The zero-order valence-electron chi connectivity index (χ0n) is 19.3. The molecule has 4 rings (SSSR count). The van der Waals surface area contributed by atoms with Crippen molar-refractivity contribution in [2.75, 3.05) is 11.4 Å². The van der Waals surface area contributed by atoms with Gasteiger partial charge in [-0.15, -0.1) is 0 Å². The molecule has 0 atom stereocenters. The summed E-state index contributed by atoms with van der Waals surface area (Å²) in [4.78, 5) is 15.2. The lowest BCUT2D eigenvalue weighted by Crippen LogP contribution is -2.37. The second-order valence-corrected chi connectivity index (χ2v) is 9.20. The van der Waals surface area contributed by atoms with Gasteiger partial charge in [0.15, 0.2) is 0 Å². The van der Waals surface area contributed by atoms with Crippen molar-refractivity contribution in [3.63, 3.8) is 0 Å². The molecule has 2 aromatic carbocycles. The van der Waals surface area contributed by atoms with E-state index in [9.17, 15) is 4.79 Å². The Morgan fingerprint density at radius 3 is 2.58 bits per heavy atom. The molecule has 31 heavy (non-hydrogen) atoms. The average Bonchev–Trinajstić information content (AvgIpc) is 3.07. The van der Waals surface area contributed by atoms with Crippen LogP contribution < -0.4 is 10.2 Å². The van der Waals surface area contributed by atoms with E-state index in [2.05, 4.69) is 72.8 Å². The van der Waals surface area contributed by atoms with E-state index >= 15 is 0 Å². The van der Waals surface area contributed by atoms with Crippen LogP contribution in [0.15, 0.2) is 48.5 Å². The molecule has 0 spiro atoms. The van der Waals surface area contributed by atoms with Gasteiger partial charge in [0.05, 0.1) is 0 Å². The molecule has 1 aromatic heterocycles. The maximum absolute atomic E-state index is 12.9. The minimum Gasteiger partial charge on any atom is -0.367 e. The number of hydrogen-bond donors (Lipinski definition) is 1. The van der Waals surface area contributed by atoms with E-state index in [-0.39, 0.29) is 5.91 Å². The van der Waals surface area contributed by atoms with Crippen LogP contribution in [0.1, 0.15) is 62.2 Å². The molecule has 0 unspecified atom stereocenters. The molecule has 0 aliphatic carbocycles. The van der Waals surface area contributed by atoms with Crippen LogP contribution >= 0.6 is 0 Å². The van der Waals surface area contributed by atoms with E-state index in [1.807, 2.05) is 18.2 Å². The minimum atomic E-state index is 0.00620. The van der Waals surface area contributed by atoms with Crippen molar-refractivity contribution in [3.8, 4) is 0 Å². The predicted octanol–water partition coefficient (Wildman–Crippen LogP) is 5.57. The maximum atomic E-state index is 12.9. The zero-order chi connectivity index (χ0) is 22.0. The molecule has 0 saturated heterocycles. The first-order valence-corrected chi connectivity index (χ1v) is 11.7. The van der Waals surface area contributed by atoms with Crippen molar-refractivity contribution in [2.24, 2.45) is 0 Å². The summed E-state index contributed by atoms with van der Waals surface area (Å²) in [7, 11) is 0. The normalized spacial score (nSPS) is 13.6. The van der Waals surface area contributed by atoms with E-state index in [1.165, 1.54) is 35.0 Å². The van der Waals surface area contributed by atoms with Gasteiger partial charge in [0.2, 0.25) is 0 Å². The smallest absolute Gasteiger partial charge is 0.251 e. The fourth-order valence-corrected chi connectivity index (χ4v) is 5.21. The number of hydrogen-bond acceptors (Lipinski definition) is 2. The largest absolute Gasteiger partial charge is 0.367 e.